The molecule has 2 amide bonds. The average Bonchev–Trinajstić information content (AvgIpc) is 2.60. The van der Waals surface area contributed by atoms with E-state index in [1.54, 1.807) is 12.1 Å². The Hall–Kier alpha value is -2.83. The van der Waals surface area contributed by atoms with Crippen molar-refractivity contribution in [1.29, 1.82) is 0 Å². The van der Waals surface area contributed by atoms with E-state index in [4.69, 9.17) is 0 Å². The zero-order chi connectivity index (χ0) is 19.2. The Bertz CT molecular complexity index is 754. The zero-order valence-corrected chi connectivity index (χ0v) is 14.2. The van der Waals surface area contributed by atoms with Gasteiger partial charge < -0.3 is 10.6 Å². The van der Waals surface area contributed by atoms with E-state index in [1.807, 2.05) is 12.1 Å². The maximum absolute atomic E-state index is 12.5. The molecule has 0 aromatic heterocycles. The van der Waals surface area contributed by atoms with Crippen LogP contribution in [0.25, 0.3) is 0 Å². The van der Waals surface area contributed by atoms with Crippen LogP contribution < -0.4 is 10.6 Å². The fourth-order valence-electron chi connectivity index (χ4n) is 2.25. The number of hydrogen-bond donors (Lipinski definition) is 2. The van der Waals surface area contributed by atoms with Crippen LogP contribution in [0.15, 0.2) is 48.5 Å². The van der Waals surface area contributed by atoms with Crippen LogP contribution in [0.3, 0.4) is 0 Å². The van der Waals surface area contributed by atoms with Crippen LogP contribution in [0, 0.1) is 0 Å². The molecule has 0 radical (unpaired) electrons. The molecule has 0 saturated carbocycles. The minimum Gasteiger partial charge on any atom is -0.318 e. The number of carbonyl (C=O) groups excluding carboxylic acids is 2. The van der Waals surface area contributed by atoms with Gasteiger partial charge in [0.25, 0.3) is 0 Å². The van der Waals surface area contributed by atoms with Crippen LogP contribution in [-0.2, 0) is 22.2 Å². The van der Waals surface area contributed by atoms with E-state index in [9.17, 15) is 22.8 Å². The molecule has 0 aliphatic heterocycles. The van der Waals surface area contributed by atoms with E-state index in [0.717, 1.165) is 49.1 Å². The lowest BCUT2D eigenvalue weighted by molar-refractivity contribution is -0.137. The second kappa shape index (κ2) is 8.51. The summed E-state index contributed by atoms with van der Waals surface area (Å²) in [5, 5.41) is 4.71. The third kappa shape index (κ3) is 5.61. The Balaban J connectivity index is 1.92. The second-order valence-electron chi connectivity index (χ2n) is 5.78. The van der Waals surface area contributed by atoms with Gasteiger partial charge in [0.1, 0.15) is 0 Å². The molecule has 26 heavy (non-hydrogen) atoms. The first-order valence-corrected chi connectivity index (χ1v) is 8.18. The van der Waals surface area contributed by atoms with Crippen molar-refractivity contribution in [3.63, 3.8) is 0 Å². The second-order valence-corrected chi connectivity index (χ2v) is 5.78. The number of nitrogens with one attached hydrogen (secondary N) is 2. The van der Waals surface area contributed by atoms with Crippen LogP contribution in [0.4, 0.5) is 24.5 Å². The monoisotopic (exact) mass is 364 g/mol. The van der Waals surface area contributed by atoms with Crippen molar-refractivity contribution in [2.75, 3.05) is 10.6 Å². The summed E-state index contributed by atoms with van der Waals surface area (Å²) in [6.45, 7) is 2.10. The molecule has 0 aliphatic carbocycles. The molecular formula is C19H19F3N2O2. The number of carbonyl (C=O) groups is 2. The van der Waals surface area contributed by atoms with Crippen LogP contribution in [0.2, 0.25) is 0 Å². The summed E-state index contributed by atoms with van der Waals surface area (Å²) in [6, 6.07) is 11.0. The summed E-state index contributed by atoms with van der Waals surface area (Å²) in [5.41, 5.74) is 0.882. The molecule has 2 aromatic carbocycles. The average molecular weight is 364 g/mol. The van der Waals surface area contributed by atoms with E-state index in [-0.39, 0.29) is 5.69 Å². The van der Waals surface area contributed by atoms with Gasteiger partial charge in [-0.05, 0) is 54.8 Å². The van der Waals surface area contributed by atoms with Gasteiger partial charge in [-0.1, -0.05) is 25.5 Å². The van der Waals surface area contributed by atoms with Gasteiger partial charge in [0.2, 0.25) is 0 Å². The van der Waals surface area contributed by atoms with Crippen LogP contribution in [0.1, 0.15) is 30.9 Å². The highest BCUT2D eigenvalue weighted by atomic mass is 19.4. The van der Waals surface area contributed by atoms with Gasteiger partial charge in [-0.25, -0.2) is 0 Å². The van der Waals surface area contributed by atoms with Crippen molar-refractivity contribution < 1.29 is 22.8 Å². The molecule has 7 heteroatoms. The highest BCUT2D eigenvalue weighted by Gasteiger charge is 2.30. The number of aryl methyl sites for hydroxylation is 1. The van der Waals surface area contributed by atoms with Gasteiger partial charge >= 0.3 is 18.0 Å². The van der Waals surface area contributed by atoms with Gasteiger partial charge in [-0.3, -0.25) is 9.59 Å². The molecule has 0 saturated heterocycles. The fourth-order valence-corrected chi connectivity index (χ4v) is 2.25. The summed E-state index contributed by atoms with van der Waals surface area (Å²) < 4.78 is 37.5. The molecule has 0 unspecified atom stereocenters. The zero-order valence-electron chi connectivity index (χ0n) is 14.2. The quantitative estimate of drug-likeness (QED) is 0.761. The topological polar surface area (TPSA) is 58.2 Å². The number of hydrogen-bond acceptors (Lipinski definition) is 2. The molecule has 0 aliphatic rings. The lowest BCUT2D eigenvalue weighted by Crippen LogP contribution is -2.29. The van der Waals surface area contributed by atoms with Crippen LogP contribution in [-0.4, -0.2) is 11.8 Å². The predicted molar refractivity (Wildman–Crippen MR) is 93.8 cm³/mol. The van der Waals surface area contributed by atoms with Crippen molar-refractivity contribution in [3.05, 3.63) is 59.7 Å². The SMILES string of the molecule is CCCCc1ccc(NC(=O)C(=O)Nc2ccc(C(F)(F)F)cc2)cc1. The van der Waals surface area contributed by atoms with Crippen molar-refractivity contribution in [3.8, 4) is 0 Å². The number of rotatable bonds is 5. The molecule has 0 fully saturated rings. The first-order valence-electron chi connectivity index (χ1n) is 8.18. The minimum atomic E-state index is -4.46. The summed E-state index contributed by atoms with van der Waals surface area (Å²) in [5.74, 6) is -1.86. The van der Waals surface area contributed by atoms with E-state index >= 15 is 0 Å². The Labute approximate surface area is 149 Å². The molecule has 0 atom stereocenters. The first-order chi connectivity index (χ1) is 12.3. The van der Waals surface area contributed by atoms with Crippen LogP contribution in [0.5, 0.6) is 0 Å². The lowest BCUT2D eigenvalue weighted by Gasteiger charge is -2.09. The van der Waals surface area contributed by atoms with Gasteiger partial charge in [0, 0.05) is 11.4 Å². The van der Waals surface area contributed by atoms with Crippen molar-refractivity contribution in [2.45, 2.75) is 32.4 Å². The molecule has 0 spiro atoms. The summed E-state index contributed by atoms with van der Waals surface area (Å²) in [6.07, 6.45) is -1.35. The molecule has 2 aromatic rings. The third-order valence-electron chi connectivity index (χ3n) is 3.71. The number of unbranched alkanes of at least 4 members (excludes halogenated alkanes) is 1. The minimum absolute atomic E-state index is 0.105. The summed E-state index contributed by atoms with van der Waals surface area (Å²) in [7, 11) is 0. The maximum atomic E-state index is 12.5. The number of amides is 2. The lowest BCUT2D eigenvalue weighted by atomic mass is 10.1. The van der Waals surface area contributed by atoms with E-state index in [2.05, 4.69) is 17.6 Å². The molecule has 0 bridgehead atoms. The molecule has 0 heterocycles. The van der Waals surface area contributed by atoms with E-state index in [1.165, 1.54) is 0 Å². The van der Waals surface area contributed by atoms with E-state index in [0.29, 0.717) is 5.69 Å². The fraction of sp³-hybridized carbons (Fsp3) is 0.263. The van der Waals surface area contributed by atoms with Crippen molar-refractivity contribution in [1.82, 2.24) is 0 Å². The summed E-state index contributed by atoms with van der Waals surface area (Å²) >= 11 is 0. The Morgan fingerprint density at radius 3 is 1.73 bits per heavy atom. The Kier molecular flexibility index (Phi) is 6.38. The smallest absolute Gasteiger partial charge is 0.318 e. The van der Waals surface area contributed by atoms with Crippen molar-refractivity contribution in [2.24, 2.45) is 0 Å². The van der Waals surface area contributed by atoms with Gasteiger partial charge in [0.05, 0.1) is 5.56 Å². The maximum Gasteiger partial charge on any atom is 0.416 e. The Morgan fingerprint density at radius 2 is 1.31 bits per heavy atom. The largest absolute Gasteiger partial charge is 0.416 e. The molecule has 2 N–H and O–H groups in total. The molecule has 2 rings (SSSR count). The summed E-state index contributed by atoms with van der Waals surface area (Å²) in [4.78, 5) is 23.8. The van der Waals surface area contributed by atoms with Gasteiger partial charge in [-0.2, -0.15) is 13.2 Å². The van der Waals surface area contributed by atoms with Crippen LogP contribution >= 0.6 is 0 Å². The van der Waals surface area contributed by atoms with Gasteiger partial charge in [-0.15, -0.1) is 0 Å². The number of anilines is 2. The highest BCUT2D eigenvalue weighted by molar-refractivity contribution is 6.43. The normalized spacial score (nSPS) is 11.1. The van der Waals surface area contributed by atoms with Gasteiger partial charge in [0.15, 0.2) is 0 Å². The standard InChI is InChI=1S/C19H19F3N2O2/c1-2-3-4-13-5-9-15(10-6-13)23-17(25)18(26)24-16-11-7-14(8-12-16)19(20,21)22/h5-12H,2-4H2,1H3,(H,23,25)(H,24,26). The number of benzene rings is 2. The highest BCUT2D eigenvalue weighted by Crippen LogP contribution is 2.29. The number of alkyl halides is 3. The number of halogens is 3. The molecule has 4 nitrogen and oxygen atoms in total. The molecular weight excluding hydrogens is 345 g/mol. The molecule has 138 valence electrons. The Morgan fingerprint density at radius 1 is 0.846 bits per heavy atom. The van der Waals surface area contributed by atoms with E-state index < -0.39 is 23.6 Å². The van der Waals surface area contributed by atoms with Crippen molar-refractivity contribution >= 4 is 23.2 Å². The predicted octanol–water partition coefficient (Wildman–Crippen LogP) is 4.63. The first kappa shape index (κ1) is 19.5. The third-order valence-corrected chi connectivity index (χ3v) is 3.71.